The first kappa shape index (κ1) is 44.5. The summed E-state index contributed by atoms with van der Waals surface area (Å²) in [5, 5.41) is 11.0. The summed E-state index contributed by atoms with van der Waals surface area (Å²) in [6.45, 7) is 8.98. The molecule has 0 radical (unpaired) electrons. The number of nitrogens with zero attached hydrogens (tertiary/aromatic N) is 2. The van der Waals surface area contributed by atoms with Gasteiger partial charge in [-0.15, -0.1) is 22.7 Å². The maximum Gasteiger partial charge on any atom is 0.234 e. The standard InChI is InChI=1S/C26H30N2O2S2.C22H24N2O2.2BrH/c29-26(25(23-9-4-17-31-23)24-10-5-18-32-24)27-22-19-28(14-11-20(22)12-15-28)13-6-16-30-21-7-2-1-3-8-21;1-24-12-10-15(11-13-24)18(14-24)23-22(25)21-16-6-2-4-8-19(16)26-20-9-5-3-7-17(20)21;;/h1-5,7-10,17-18,20,22,25H,6,11-16,19H2;2-9,15,18,21H,10-14H2,1H3;2*1H/t20?,22-,28?;;;/m0.../s1. The van der Waals surface area contributed by atoms with Gasteiger partial charge in [0.05, 0.1) is 77.5 Å². The number of para-hydroxylation sites is 3. The number of halogens is 2. The molecule has 9 heterocycles. The van der Waals surface area contributed by atoms with Crippen LogP contribution in [-0.4, -0.2) is 92.3 Å². The number of fused-ring (bicyclic) bond motifs is 8. The predicted molar refractivity (Wildman–Crippen MR) is 232 cm³/mol. The van der Waals surface area contributed by atoms with Crippen molar-refractivity contribution in [3.8, 4) is 17.2 Å². The second-order valence-electron chi connectivity index (χ2n) is 17.4. The summed E-state index contributed by atoms with van der Waals surface area (Å²) < 4.78 is 14.2. The summed E-state index contributed by atoms with van der Waals surface area (Å²) >= 11 is 3.35. The number of hydrogen-bond acceptors (Lipinski definition) is 6. The number of carbonyl (C=O) groups excluding carboxylic acids is 2. The van der Waals surface area contributed by atoms with E-state index in [0.29, 0.717) is 11.8 Å². The van der Waals surface area contributed by atoms with Gasteiger partial charge < -0.3 is 63.0 Å². The maximum atomic E-state index is 13.5. The monoisotopic (exact) mass is 974 g/mol. The van der Waals surface area contributed by atoms with Gasteiger partial charge in [-0.1, -0.05) is 66.7 Å². The minimum Gasteiger partial charge on any atom is -1.00 e. The van der Waals surface area contributed by atoms with Gasteiger partial charge in [-0.25, -0.2) is 0 Å². The van der Waals surface area contributed by atoms with Crippen LogP contribution in [0.15, 0.2) is 114 Å². The normalized spacial score (nSPS) is 25.8. The third kappa shape index (κ3) is 9.74. The minimum atomic E-state index is -0.295. The van der Waals surface area contributed by atoms with Gasteiger partial charge in [0.1, 0.15) is 23.2 Å². The van der Waals surface area contributed by atoms with Gasteiger partial charge in [0.2, 0.25) is 11.8 Å². The zero-order chi connectivity index (χ0) is 39.5. The molecule has 1 unspecified atom stereocenters. The molecule has 6 saturated heterocycles. The summed E-state index contributed by atoms with van der Waals surface area (Å²) in [4.78, 5) is 29.1. The van der Waals surface area contributed by atoms with Crippen molar-refractivity contribution >= 4 is 34.5 Å². The van der Waals surface area contributed by atoms with Gasteiger partial charge in [0.25, 0.3) is 0 Å². The van der Waals surface area contributed by atoms with Crippen LogP contribution in [0.2, 0.25) is 0 Å². The molecule has 7 aliphatic rings. The van der Waals surface area contributed by atoms with E-state index in [0.717, 1.165) is 79.8 Å². The van der Waals surface area contributed by atoms with Crippen LogP contribution in [0.25, 0.3) is 0 Å². The first-order valence-corrected chi connectivity index (χ1v) is 23.0. The van der Waals surface area contributed by atoms with Gasteiger partial charge in [-0.05, 0) is 59.0 Å². The van der Waals surface area contributed by atoms with Crippen LogP contribution in [0.4, 0.5) is 0 Å². The van der Waals surface area contributed by atoms with E-state index in [2.05, 4.69) is 40.6 Å². The van der Waals surface area contributed by atoms with Crippen molar-refractivity contribution in [2.24, 2.45) is 11.8 Å². The minimum absolute atomic E-state index is 0. The third-order valence-corrected chi connectivity index (χ3v) is 15.6. The Labute approximate surface area is 384 Å². The lowest BCUT2D eigenvalue weighted by Gasteiger charge is -2.53. The quantitative estimate of drug-likeness (QED) is 0.158. The lowest BCUT2D eigenvalue weighted by molar-refractivity contribution is -0.944. The summed E-state index contributed by atoms with van der Waals surface area (Å²) in [7, 11) is 2.33. The van der Waals surface area contributed by atoms with Crippen molar-refractivity contribution in [1.82, 2.24) is 10.6 Å². The van der Waals surface area contributed by atoms with E-state index in [1.165, 1.54) is 51.9 Å². The number of amides is 2. The first-order valence-electron chi connectivity index (χ1n) is 21.3. The molecule has 4 bridgehead atoms. The number of thiophene rings is 2. The second kappa shape index (κ2) is 19.7. The van der Waals surface area contributed by atoms with Gasteiger partial charge in [-0.3, -0.25) is 9.59 Å². The molecule has 2 N–H and O–H groups in total. The fraction of sp³-hybridized carbons (Fsp3) is 0.417. The molecule has 3 aromatic carbocycles. The van der Waals surface area contributed by atoms with Gasteiger partial charge in [0.15, 0.2) is 0 Å². The van der Waals surface area contributed by atoms with Crippen molar-refractivity contribution in [3.05, 3.63) is 135 Å². The number of rotatable bonds is 11. The molecule has 0 spiro atoms. The molecule has 318 valence electrons. The lowest BCUT2D eigenvalue weighted by Crippen LogP contribution is -3.00. The van der Waals surface area contributed by atoms with Crippen LogP contribution in [0.5, 0.6) is 17.2 Å². The fourth-order valence-electron chi connectivity index (χ4n) is 10.5. The van der Waals surface area contributed by atoms with Gasteiger partial charge in [-0.2, -0.15) is 0 Å². The fourth-order valence-corrected chi connectivity index (χ4v) is 12.2. The molecule has 7 aliphatic heterocycles. The predicted octanol–water partition coefficient (Wildman–Crippen LogP) is 2.42. The van der Waals surface area contributed by atoms with E-state index in [-0.39, 0.29) is 69.7 Å². The third-order valence-electron chi connectivity index (χ3n) is 13.7. The number of quaternary nitrogens is 2. The smallest absolute Gasteiger partial charge is 0.234 e. The van der Waals surface area contributed by atoms with Crippen LogP contribution < -0.4 is 54.1 Å². The topological polar surface area (TPSA) is 76.7 Å². The Morgan fingerprint density at radius 1 is 0.700 bits per heavy atom. The summed E-state index contributed by atoms with van der Waals surface area (Å²) in [6.07, 6.45) is 5.93. The molecule has 6 fully saturated rings. The number of hydrogen-bond donors (Lipinski definition) is 2. The lowest BCUT2D eigenvalue weighted by atomic mass is 9.81. The Kier molecular flexibility index (Phi) is 14.6. The molecular weight excluding hydrogens is 920 g/mol. The van der Waals surface area contributed by atoms with E-state index >= 15 is 0 Å². The molecule has 12 rings (SSSR count). The zero-order valence-electron chi connectivity index (χ0n) is 34.2. The highest BCUT2D eigenvalue weighted by molar-refractivity contribution is 7.12. The van der Waals surface area contributed by atoms with Crippen molar-refractivity contribution in [3.63, 3.8) is 0 Å². The Hall–Kier alpha value is -3.52. The van der Waals surface area contributed by atoms with E-state index in [1.807, 2.05) is 91.0 Å². The molecule has 0 saturated carbocycles. The zero-order valence-corrected chi connectivity index (χ0v) is 39.0. The summed E-state index contributed by atoms with van der Waals surface area (Å²) in [5.74, 6) is 3.57. The van der Waals surface area contributed by atoms with E-state index in [4.69, 9.17) is 9.47 Å². The number of likely N-dealkylation sites (N-methyl/N-ethyl adjacent to an activating group) is 1. The molecule has 2 amide bonds. The van der Waals surface area contributed by atoms with Crippen LogP contribution in [0, 0.1) is 11.8 Å². The molecule has 5 aromatic rings. The SMILES string of the molecule is C[N+]12CCC(CC1)C(NC(=O)C1c3ccccc3Oc3ccccc31)C2.O=C(N[C@H]1C[N+]2(CCCOc3ccccc3)CCC1CC2)C(c1cccs1)c1cccs1.[Br-].[Br-]. The highest BCUT2D eigenvalue weighted by atomic mass is 79.9. The number of piperidine rings is 6. The highest BCUT2D eigenvalue weighted by Gasteiger charge is 2.47. The van der Waals surface area contributed by atoms with Crippen molar-refractivity contribution in [2.75, 3.05) is 59.5 Å². The van der Waals surface area contributed by atoms with Gasteiger partial charge in [0, 0.05) is 53.0 Å². The number of benzene rings is 3. The average Bonchev–Trinajstić information content (AvgIpc) is 3.99. The van der Waals surface area contributed by atoms with E-state index in [1.54, 1.807) is 22.7 Å². The molecule has 0 aliphatic carbocycles. The van der Waals surface area contributed by atoms with Crippen LogP contribution >= 0.6 is 22.7 Å². The number of ether oxygens (including phenoxy) is 2. The molecule has 60 heavy (non-hydrogen) atoms. The Balaban J connectivity index is 0.000000179. The van der Waals surface area contributed by atoms with Crippen LogP contribution in [0.3, 0.4) is 0 Å². The molecule has 2 atom stereocenters. The largest absolute Gasteiger partial charge is 1.00 e. The van der Waals surface area contributed by atoms with E-state index in [9.17, 15) is 9.59 Å². The Morgan fingerprint density at radius 3 is 1.82 bits per heavy atom. The average molecular weight is 977 g/mol. The molecule has 2 aromatic heterocycles. The number of carbonyl (C=O) groups is 2. The molecule has 12 heteroatoms. The van der Waals surface area contributed by atoms with Gasteiger partial charge >= 0.3 is 0 Å². The Morgan fingerprint density at radius 2 is 1.25 bits per heavy atom. The van der Waals surface area contributed by atoms with Crippen molar-refractivity contribution < 1.29 is 62.0 Å². The first-order chi connectivity index (χ1) is 28.4. The van der Waals surface area contributed by atoms with Crippen LogP contribution in [0.1, 0.15) is 64.8 Å². The molecule has 8 nitrogen and oxygen atoms in total. The highest BCUT2D eigenvalue weighted by Crippen LogP contribution is 2.44. The van der Waals surface area contributed by atoms with Crippen LogP contribution in [-0.2, 0) is 9.59 Å². The number of nitrogens with one attached hydrogen (secondary N) is 2. The van der Waals surface area contributed by atoms with Crippen molar-refractivity contribution in [2.45, 2.75) is 56.0 Å². The maximum absolute atomic E-state index is 13.5. The van der Waals surface area contributed by atoms with Crippen molar-refractivity contribution in [1.29, 1.82) is 0 Å². The summed E-state index contributed by atoms with van der Waals surface area (Å²) in [6, 6.07) is 34.7. The second-order valence-corrected chi connectivity index (χ2v) is 19.4. The Bertz CT molecular complexity index is 2080. The summed E-state index contributed by atoms with van der Waals surface area (Å²) in [5.41, 5.74) is 1.93. The molecular formula is C48H56Br2N4O4S2. The van der Waals surface area contributed by atoms with E-state index < -0.39 is 0 Å².